The summed E-state index contributed by atoms with van der Waals surface area (Å²) in [5, 5.41) is 12.1. The summed E-state index contributed by atoms with van der Waals surface area (Å²) in [4.78, 5) is 0. The number of anilines is 1. The van der Waals surface area contributed by atoms with Crippen molar-refractivity contribution in [1.82, 2.24) is 15.1 Å². The molecule has 1 aliphatic carbocycles. The summed E-state index contributed by atoms with van der Waals surface area (Å²) in [5.74, 6) is 0. The molecule has 0 atom stereocenters. The number of nitrogens with one attached hydrogen (secondary N) is 2. The Bertz CT molecular complexity index is 672. The van der Waals surface area contributed by atoms with Gasteiger partial charge >= 0.3 is 0 Å². The van der Waals surface area contributed by atoms with Crippen LogP contribution in [0.5, 0.6) is 0 Å². The van der Waals surface area contributed by atoms with E-state index in [0.29, 0.717) is 11.2 Å². The monoisotopic (exact) mass is 328 g/mol. The minimum Gasteiger partial charge on any atom is -0.360 e. The number of rotatable bonds is 4. The van der Waals surface area contributed by atoms with E-state index in [9.17, 15) is 0 Å². The molecule has 0 amide bonds. The fourth-order valence-corrected chi connectivity index (χ4v) is 3.46. The zero-order valence-electron chi connectivity index (χ0n) is 13.8. The van der Waals surface area contributed by atoms with Crippen LogP contribution in [0.25, 0.3) is 0 Å². The van der Waals surface area contributed by atoms with Crippen molar-refractivity contribution in [3.8, 4) is 0 Å². The second-order valence-corrected chi connectivity index (χ2v) is 6.68. The number of hydrogen-bond acceptors (Lipinski definition) is 2. The van der Waals surface area contributed by atoms with Crippen LogP contribution < -0.4 is 10.6 Å². The summed E-state index contributed by atoms with van der Waals surface area (Å²) in [5.41, 5.74) is 4.36. The smallest absolute Gasteiger partial charge is 0.171 e. The molecule has 1 aromatic heterocycles. The number of aryl methyl sites for hydroxylation is 1. The van der Waals surface area contributed by atoms with Crippen molar-refractivity contribution in [2.45, 2.75) is 52.1 Å². The third kappa shape index (κ3) is 3.91. The van der Waals surface area contributed by atoms with E-state index in [1.165, 1.54) is 31.2 Å². The Balaban J connectivity index is 1.68. The predicted octanol–water partition coefficient (Wildman–Crippen LogP) is 3.78. The summed E-state index contributed by atoms with van der Waals surface area (Å²) >= 11 is 5.47. The highest BCUT2D eigenvalue weighted by Gasteiger charge is 2.17. The maximum atomic E-state index is 5.47. The van der Waals surface area contributed by atoms with Crippen molar-refractivity contribution >= 4 is 23.0 Å². The molecule has 1 fully saturated rings. The van der Waals surface area contributed by atoms with Gasteiger partial charge in [0.05, 0.1) is 23.6 Å². The van der Waals surface area contributed by atoms with Crippen LogP contribution in [0.1, 0.15) is 42.6 Å². The van der Waals surface area contributed by atoms with Crippen LogP contribution in [0.3, 0.4) is 0 Å². The Kier molecular flexibility index (Phi) is 4.96. The molecular weight excluding hydrogens is 304 g/mol. The average molecular weight is 328 g/mol. The highest BCUT2D eigenvalue weighted by molar-refractivity contribution is 7.80. The number of hydrogen-bond donors (Lipinski definition) is 2. The predicted molar refractivity (Wildman–Crippen MR) is 98.9 cm³/mol. The summed E-state index contributed by atoms with van der Waals surface area (Å²) in [6.07, 6.45) is 5.03. The molecule has 0 spiro atoms. The molecule has 1 saturated carbocycles. The van der Waals surface area contributed by atoms with Gasteiger partial charge in [0, 0.05) is 6.04 Å². The number of thiocarbonyl (C=S) groups is 1. The molecule has 1 aliphatic rings. The minimum atomic E-state index is 0.523. The fourth-order valence-electron chi connectivity index (χ4n) is 3.19. The van der Waals surface area contributed by atoms with Gasteiger partial charge in [-0.25, -0.2) is 0 Å². The van der Waals surface area contributed by atoms with Gasteiger partial charge in [0.15, 0.2) is 5.11 Å². The quantitative estimate of drug-likeness (QED) is 0.838. The van der Waals surface area contributed by atoms with Gasteiger partial charge in [-0.2, -0.15) is 5.10 Å². The molecule has 0 bridgehead atoms. The van der Waals surface area contributed by atoms with Crippen molar-refractivity contribution < 1.29 is 0 Å². The Hall–Kier alpha value is -1.88. The van der Waals surface area contributed by atoms with E-state index in [0.717, 1.165) is 23.6 Å². The van der Waals surface area contributed by atoms with E-state index in [1.807, 2.05) is 17.7 Å². The molecule has 0 saturated heterocycles. The molecule has 5 heteroatoms. The highest BCUT2D eigenvalue weighted by atomic mass is 32.1. The van der Waals surface area contributed by atoms with Crippen molar-refractivity contribution in [2.75, 3.05) is 5.32 Å². The van der Waals surface area contributed by atoms with Crippen molar-refractivity contribution in [2.24, 2.45) is 0 Å². The molecule has 3 rings (SSSR count). The second-order valence-electron chi connectivity index (χ2n) is 6.27. The standard InChI is InChI=1S/C18H24N4S/c1-13-17(20-18(23)19-16-10-6-7-11-16)14(2)22(21-13)12-15-8-4-3-5-9-15/h3-5,8-9,16H,6-7,10-12H2,1-2H3,(H2,19,20,23). The van der Waals surface area contributed by atoms with Crippen molar-refractivity contribution in [3.05, 3.63) is 47.3 Å². The van der Waals surface area contributed by atoms with Crippen LogP contribution >= 0.6 is 12.2 Å². The Labute approximate surface area is 143 Å². The lowest BCUT2D eigenvalue weighted by molar-refractivity contribution is 0.634. The Morgan fingerprint density at radius 2 is 1.91 bits per heavy atom. The largest absolute Gasteiger partial charge is 0.360 e. The molecule has 23 heavy (non-hydrogen) atoms. The van der Waals surface area contributed by atoms with Crippen LogP contribution in [0.2, 0.25) is 0 Å². The molecule has 0 radical (unpaired) electrons. The van der Waals surface area contributed by atoms with Gasteiger partial charge in [-0.15, -0.1) is 0 Å². The summed E-state index contributed by atoms with van der Waals surface area (Å²) in [6, 6.07) is 10.9. The summed E-state index contributed by atoms with van der Waals surface area (Å²) in [6.45, 7) is 4.89. The lowest BCUT2D eigenvalue weighted by atomic mass is 10.2. The van der Waals surface area contributed by atoms with Crippen molar-refractivity contribution in [3.63, 3.8) is 0 Å². The number of nitrogens with zero attached hydrogens (tertiary/aromatic N) is 2. The molecule has 122 valence electrons. The third-order valence-electron chi connectivity index (χ3n) is 4.49. The lowest BCUT2D eigenvalue weighted by Gasteiger charge is -2.16. The van der Waals surface area contributed by atoms with E-state index in [4.69, 9.17) is 12.2 Å². The van der Waals surface area contributed by atoms with Gasteiger partial charge in [-0.3, -0.25) is 4.68 Å². The van der Waals surface area contributed by atoms with E-state index in [2.05, 4.69) is 46.9 Å². The molecule has 0 unspecified atom stereocenters. The number of aromatic nitrogens is 2. The van der Waals surface area contributed by atoms with Gasteiger partial charge < -0.3 is 10.6 Å². The minimum absolute atomic E-state index is 0.523. The normalized spacial score (nSPS) is 14.9. The maximum absolute atomic E-state index is 5.47. The summed E-state index contributed by atoms with van der Waals surface area (Å²) < 4.78 is 2.03. The van der Waals surface area contributed by atoms with Crippen LogP contribution in [-0.4, -0.2) is 20.9 Å². The maximum Gasteiger partial charge on any atom is 0.171 e. The first kappa shape index (κ1) is 16.0. The van der Waals surface area contributed by atoms with Gasteiger partial charge in [0.2, 0.25) is 0 Å². The van der Waals surface area contributed by atoms with E-state index in [1.54, 1.807) is 0 Å². The first-order chi connectivity index (χ1) is 11.1. The fraction of sp³-hybridized carbons (Fsp3) is 0.444. The lowest BCUT2D eigenvalue weighted by Crippen LogP contribution is -2.36. The first-order valence-electron chi connectivity index (χ1n) is 8.29. The van der Waals surface area contributed by atoms with Gasteiger partial charge in [0.1, 0.15) is 0 Å². The molecule has 2 aromatic rings. The molecule has 2 N–H and O–H groups in total. The van der Waals surface area contributed by atoms with Gasteiger partial charge in [0.25, 0.3) is 0 Å². The van der Waals surface area contributed by atoms with Crippen LogP contribution in [-0.2, 0) is 6.54 Å². The zero-order valence-corrected chi connectivity index (χ0v) is 14.6. The van der Waals surface area contributed by atoms with Crippen molar-refractivity contribution in [1.29, 1.82) is 0 Å². The van der Waals surface area contributed by atoms with E-state index in [-0.39, 0.29) is 0 Å². The van der Waals surface area contributed by atoms with Crippen LogP contribution in [0.4, 0.5) is 5.69 Å². The molecular formula is C18H24N4S. The highest BCUT2D eigenvalue weighted by Crippen LogP contribution is 2.21. The van der Waals surface area contributed by atoms with Gasteiger partial charge in [-0.05, 0) is 44.5 Å². The van der Waals surface area contributed by atoms with Crippen LogP contribution in [0, 0.1) is 13.8 Å². The topological polar surface area (TPSA) is 41.9 Å². The zero-order chi connectivity index (χ0) is 16.2. The SMILES string of the molecule is Cc1nn(Cc2ccccc2)c(C)c1NC(=S)NC1CCCC1. The first-order valence-corrected chi connectivity index (χ1v) is 8.70. The Morgan fingerprint density at radius 3 is 2.61 bits per heavy atom. The summed E-state index contributed by atoms with van der Waals surface area (Å²) in [7, 11) is 0. The molecule has 4 nitrogen and oxygen atoms in total. The van der Waals surface area contributed by atoms with Gasteiger partial charge in [-0.1, -0.05) is 43.2 Å². The molecule has 0 aliphatic heterocycles. The Morgan fingerprint density at radius 1 is 1.22 bits per heavy atom. The number of benzene rings is 1. The van der Waals surface area contributed by atoms with E-state index < -0.39 is 0 Å². The molecule has 1 aromatic carbocycles. The van der Waals surface area contributed by atoms with E-state index >= 15 is 0 Å². The molecule has 1 heterocycles. The third-order valence-corrected chi connectivity index (χ3v) is 4.71. The average Bonchev–Trinajstić information content (AvgIpc) is 3.13. The second kappa shape index (κ2) is 7.13. The van der Waals surface area contributed by atoms with Crippen LogP contribution in [0.15, 0.2) is 30.3 Å².